The maximum absolute atomic E-state index is 11.8. The third-order valence-electron chi connectivity index (χ3n) is 2.70. The van der Waals surface area contributed by atoms with Gasteiger partial charge in [-0.15, -0.1) is 0 Å². The number of amides is 1. The van der Waals surface area contributed by atoms with Crippen LogP contribution in [0.25, 0.3) is 0 Å². The Morgan fingerprint density at radius 1 is 1.35 bits per heavy atom. The summed E-state index contributed by atoms with van der Waals surface area (Å²) >= 11 is 0. The second-order valence-corrected chi connectivity index (χ2v) is 4.20. The van der Waals surface area contributed by atoms with Gasteiger partial charge in [0.05, 0.1) is 11.4 Å². The Morgan fingerprint density at radius 2 is 1.88 bits per heavy atom. The molecule has 0 aliphatic rings. The first-order valence-corrected chi connectivity index (χ1v) is 5.27. The summed E-state index contributed by atoms with van der Waals surface area (Å²) < 4.78 is 1.46. The molecule has 1 atom stereocenters. The number of likely N-dealkylation sites (N-methyl/N-ethyl adjacent to an activating group) is 1. The average molecular weight is 239 g/mol. The van der Waals surface area contributed by atoms with Crippen molar-refractivity contribution in [3.05, 3.63) is 17.0 Å². The second-order valence-electron chi connectivity index (χ2n) is 4.20. The molecular weight excluding hydrogens is 222 g/mol. The highest BCUT2D eigenvalue weighted by Crippen LogP contribution is 2.18. The van der Waals surface area contributed by atoms with Crippen LogP contribution in [0.4, 0.5) is 0 Å². The van der Waals surface area contributed by atoms with Crippen LogP contribution in [0, 0.1) is 13.8 Å². The number of carboxylic acids is 1. The fraction of sp³-hybridized carbons (Fsp3) is 0.545. The number of hydrogen-bond donors (Lipinski definition) is 1. The van der Waals surface area contributed by atoms with Crippen molar-refractivity contribution in [3.8, 4) is 0 Å². The van der Waals surface area contributed by atoms with E-state index in [2.05, 4.69) is 5.10 Å². The van der Waals surface area contributed by atoms with Gasteiger partial charge in [-0.1, -0.05) is 0 Å². The second kappa shape index (κ2) is 4.57. The maximum atomic E-state index is 11.8. The van der Waals surface area contributed by atoms with Crippen molar-refractivity contribution < 1.29 is 14.7 Å². The van der Waals surface area contributed by atoms with Crippen LogP contribution in [-0.2, 0) is 4.79 Å². The van der Waals surface area contributed by atoms with Gasteiger partial charge < -0.3 is 10.0 Å². The number of aromatic carboxylic acids is 1. The molecule has 6 heteroatoms. The first-order valence-electron chi connectivity index (χ1n) is 5.27. The van der Waals surface area contributed by atoms with E-state index in [1.165, 1.54) is 9.58 Å². The van der Waals surface area contributed by atoms with Gasteiger partial charge in [0.1, 0.15) is 11.6 Å². The van der Waals surface area contributed by atoms with E-state index in [-0.39, 0.29) is 11.5 Å². The van der Waals surface area contributed by atoms with E-state index < -0.39 is 12.0 Å². The lowest BCUT2D eigenvalue weighted by molar-refractivity contribution is -0.132. The maximum Gasteiger partial charge on any atom is 0.339 e. The molecular formula is C11H17N3O3. The van der Waals surface area contributed by atoms with Gasteiger partial charge in [-0.25, -0.2) is 4.79 Å². The van der Waals surface area contributed by atoms with E-state index in [1.54, 1.807) is 34.9 Å². The zero-order chi connectivity index (χ0) is 13.3. The Labute approximate surface area is 99.8 Å². The van der Waals surface area contributed by atoms with Crippen LogP contribution in [0.3, 0.4) is 0 Å². The molecule has 1 amide bonds. The molecule has 1 aromatic heterocycles. The molecule has 0 aliphatic heterocycles. The van der Waals surface area contributed by atoms with Crippen LogP contribution in [0.15, 0.2) is 0 Å². The van der Waals surface area contributed by atoms with Crippen LogP contribution < -0.4 is 0 Å². The summed E-state index contributed by atoms with van der Waals surface area (Å²) in [5.74, 6) is -1.14. The Morgan fingerprint density at radius 3 is 2.24 bits per heavy atom. The molecule has 0 radical (unpaired) electrons. The molecule has 1 N–H and O–H groups in total. The topological polar surface area (TPSA) is 75.4 Å². The molecule has 0 fully saturated rings. The van der Waals surface area contributed by atoms with E-state index in [4.69, 9.17) is 5.11 Å². The van der Waals surface area contributed by atoms with Crippen molar-refractivity contribution in [2.45, 2.75) is 26.8 Å². The van der Waals surface area contributed by atoms with Gasteiger partial charge in [0, 0.05) is 14.1 Å². The summed E-state index contributed by atoms with van der Waals surface area (Å²) in [6.45, 7) is 4.98. The number of carbonyl (C=O) groups excluding carboxylic acids is 1. The van der Waals surface area contributed by atoms with Crippen LogP contribution >= 0.6 is 0 Å². The van der Waals surface area contributed by atoms with Gasteiger partial charge in [-0.3, -0.25) is 9.48 Å². The molecule has 0 aromatic carbocycles. The first kappa shape index (κ1) is 13.2. The number of nitrogens with zero attached hydrogens (tertiary/aromatic N) is 3. The zero-order valence-electron chi connectivity index (χ0n) is 10.7. The molecule has 0 bridgehead atoms. The molecule has 17 heavy (non-hydrogen) atoms. The molecule has 1 unspecified atom stereocenters. The van der Waals surface area contributed by atoms with Crippen LogP contribution in [0.2, 0.25) is 0 Å². The Hall–Kier alpha value is -1.85. The quantitative estimate of drug-likeness (QED) is 0.848. The van der Waals surface area contributed by atoms with Crippen LogP contribution in [-0.4, -0.2) is 45.8 Å². The van der Waals surface area contributed by atoms with E-state index >= 15 is 0 Å². The Kier molecular flexibility index (Phi) is 3.55. The summed E-state index contributed by atoms with van der Waals surface area (Å²) in [5, 5.41) is 13.2. The molecule has 6 nitrogen and oxygen atoms in total. The van der Waals surface area contributed by atoms with Gasteiger partial charge in [0.25, 0.3) is 0 Å². The highest BCUT2D eigenvalue weighted by molar-refractivity contribution is 5.90. The number of carbonyl (C=O) groups is 2. The molecule has 0 aliphatic carbocycles. The summed E-state index contributed by atoms with van der Waals surface area (Å²) in [6, 6.07) is -0.503. The number of carboxylic acid groups (broad SMARTS) is 1. The van der Waals surface area contributed by atoms with Gasteiger partial charge in [-0.05, 0) is 20.8 Å². The van der Waals surface area contributed by atoms with E-state index in [9.17, 15) is 9.59 Å². The third-order valence-corrected chi connectivity index (χ3v) is 2.70. The number of rotatable bonds is 3. The van der Waals surface area contributed by atoms with Crippen molar-refractivity contribution in [2.24, 2.45) is 0 Å². The highest BCUT2D eigenvalue weighted by atomic mass is 16.4. The summed E-state index contributed by atoms with van der Waals surface area (Å²) in [7, 11) is 3.31. The minimum Gasteiger partial charge on any atom is -0.478 e. The molecule has 1 heterocycles. The Balaban J connectivity index is 3.21. The monoisotopic (exact) mass is 239 g/mol. The van der Waals surface area contributed by atoms with Gasteiger partial charge in [0.2, 0.25) is 5.91 Å². The van der Waals surface area contributed by atoms with Gasteiger partial charge in [0.15, 0.2) is 0 Å². The lowest BCUT2D eigenvalue weighted by Gasteiger charge is -2.18. The number of hydrogen-bond acceptors (Lipinski definition) is 3. The van der Waals surface area contributed by atoms with Crippen LogP contribution in [0.5, 0.6) is 0 Å². The van der Waals surface area contributed by atoms with Gasteiger partial charge in [-0.2, -0.15) is 5.10 Å². The largest absolute Gasteiger partial charge is 0.478 e. The molecule has 1 aromatic rings. The minimum atomic E-state index is -1.02. The summed E-state index contributed by atoms with van der Waals surface area (Å²) in [5.41, 5.74) is 1.09. The number of aryl methyl sites for hydroxylation is 1. The summed E-state index contributed by atoms with van der Waals surface area (Å²) in [6.07, 6.45) is 0. The molecule has 0 saturated carbocycles. The summed E-state index contributed by atoms with van der Waals surface area (Å²) in [4.78, 5) is 24.3. The Bertz CT molecular complexity index is 463. The molecule has 94 valence electrons. The smallest absolute Gasteiger partial charge is 0.339 e. The van der Waals surface area contributed by atoms with Crippen molar-refractivity contribution in [3.63, 3.8) is 0 Å². The average Bonchev–Trinajstić information content (AvgIpc) is 2.51. The third kappa shape index (κ3) is 2.30. The van der Waals surface area contributed by atoms with Crippen LogP contribution in [0.1, 0.15) is 34.7 Å². The lowest BCUT2D eigenvalue weighted by Crippen LogP contribution is -2.31. The predicted octanol–water partition coefficient (Wildman–Crippen LogP) is 0.847. The van der Waals surface area contributed by atoms with Crippen molar-refractivity contribution in [1.82, 2.24) is 14.7 Å². The predicted molar refractivity (Wildman–Crippen MR) is 62.1 cm³/mol. The normalized spacial score (nSPS) is 12.3. The number of aromatic nitrogens is 2. The SMILES string of the molecule is Cc1nn(C(C)C(=O)N(C)C)c(C)c1C(=O)O. The highest BCUT2D eigenvalue weighted by Gasteiger charge is 2.24. The van der Waals surface area contributed by atoms with Crippen molar-refractivity contribution >= 4 is 11.9 Å². The van der Waals surface area contributed by atoms with E-state index in [0.29, 0.717) is 11.4 Å². The van der Waals surface area contributed by atoms with Gasteiger partial charge >= 0.3 is 5.97 Å². The lowest BCUT2D eigenvalue weighted by atomic mass is 10.2. The minimum absolute atomic E-state index is 0.118. The standard InChI is InChI=1S/C11H17N3O3/c1-6-9(11(16)17)7(2)14(12-6)8(3)10(15)13(4)5/h8H,1-5H3,(H,16,17). The molecule has 1 rings (SSSR count). The zero-order valence-corrected chi connectivity index (χ0v) is 10.7. The first-order chi connectivity index (χ1) is 7.77. The van der Waals surface area contributed by atoms with E-state index in [1.807, 2.05) is 0 Å². The van der Waals surface area contributed by atoms with Crippen molar-refractivity contribution in [2.75, 3.05) is 14.1 Å². The molecule has 0 saturated heterocycles. The van der Waals surface area contributed by atoms with Crippen molar-refractivity contribution in [1.29, 1.82) is 0 Å². The fourth-order valence-electron chi connectivity index (χ4n) is 1.83. The molecule has 0 spiro atoms. The fourth-order valence-corrected chi connectivity index (χ4v) is 1.83. The van der Waals surface area contributed by atoms with E-state index in [0.717, 1.165) is 0 Å².